The minimum Gasteiger partial charge on any atom is -0.506 e. The Kier molecular flexibility index (Phi) is 12.7. The van der Waals surface area contributed by atoms with E-state index >= 15 is 0 Å². The molecule has 0 radical (unpaired) electrons. The molecule has 0 aliphatic carbocycles. The molecule has 1 amide bonds. The van der Waals surface area contributed by atoms with Gasteiger partial charge in [0.15, 0.2) is 0 Å². The summed E-state index contributed by atoms with van der Waals surface area (Å²) in [5.74, 6) is -0.0231. The third-order valence-electron chi connectivity index (χ3n) is 10.4. The van der Waals surface area contributed by atoms with Gasteiger partial charge >= 0.3 is 6.09 Å². The number of para-hydroxylation sites is 1. The number of H-pyrrole nitrogens is 1. The lowest BCUT2D eigenvalue weighted by Crippen LogP contribution is -2.39. The number of nitrogens with zero attached hydrogens (tertiary/aromatic N) is 1. The van der Waals surface area contributed by atoms with Gasteiger partial charge in [0, 0.05) is 48.0 Å². The first-order chi connectivity index (χ1) is 27.4. The average molecular weight is 752 g/mol. The smallest absolute Gasteiger partial charge is 0.411 e. The van der Waals surface area contributed by atoms with Gasteiger partial charge in [0.1, 0.15) is 11.9 Å². The van der Waals surface area contributed by atoms with Crippen LogP contribution in [0.3, 0.4) is 0 Å². The summed E-state index contributed by atoms with van der Waals surface area (Å²) in [6.45, 7) is 3.86. The summed E-state index contributed by atoms with van der Waals surface area (Å²) in [6, 6.07) is 41.0. The van der Waals surface area contributed by atoms with E-state index in [1.165, 1.54) is 23.3 Å². The monoisotopic (exact) mass is 751 g/mol. The number of aromatic nitrogens is 1. The first-order valence-electron chi connectivity index (χ1n) is 19.4. The molecule has 6 aromatic rings. The third-order valence-corrected chi connectivity index (χ3v) is 10.4. The molecule has 7 rings (SSSR count). The highest BCUT2D eigenvalue weighted by molar-refractivity contribution is 5.91. The number of anilines is 3. The van der Waals surface area contributed by atoms with E-state index in [9.17, 15) is 19.8 Å². The molecular formula is C46H49N5O5. The number of hydrogen-bond acceptors (Lipinski definition) is 8. The number of aliphatic hydroxyl groups is 1. The van der Waals surface area contributed by atoms with E-state index in [-0.39, 0.29) is 17.4 Å². The number of aromatic hydroxyl groups is 1. The van der Waals surface area contributed by atoms with Crippen molar-refractivity contribution in [3.63, 3.8) is 0 Å². The number of amides is 1. The minimum absolute atomic E-state index is 0.0231. The number of piperidine rings is 1. The molecule has 1 fully saturated rings. The van der Waals surface area contributed by atoms with Crippen LogP contribution in [0.15, 0.2) is 132 Å². The Hall–Kier alpha value is -5.94. The van der Waals surface area contributed by atoms with E-state index in [1.807, 2.05) is 54.6 Å². The number of hydrogen-bond donors (Lipinski definition) is 6. The van der Waals surface area contributed by atoms with Crippen LogP contribution in [0.5, 0.6) is 5.75 Å². The number of pyridine rings is 1. The highest BCUT2D eigenvalue weighted by atomic mass is 16.6. The van der Waals surface area contributed by atoms with Gasteiger partial charge in [-0.1, -0.05) is 78.9 Å². The van der Waals surface area contributed by atoms with E-state index in [4.69, 9.17) is 4.74 Å². The second-order valence-electron chi connectivity index (χ2n) is 14.4. The Bertz CT molecular complexity index is 2270. The lowest BCUT2D eigenvalue weighted by atomic mass is 10.0. The van der Waals surface area contributed by atoms with Gasteiger partial charge in [-0.25, -0.2) is 4.79 Å². The fourth-order valence-corrected chi connectivity index (χ4v) is 7.37. The van der Waals surface area contributed by atoms with Gasteiger partial charge in [-0.3, -0.25) is 10.1 Å². The maximum absolute atomic E-state index is 12.8. The van der Waals surface area contributed by atoms with Crippen LogP contribution in [-0.2, 0) is 17.6 Å². The number of likely N-dealkylation sites (tertiary alicyclic amines) is 1. The zero-order chi connectivity index (χ0) is 38.7. The van der Waals surface area contributed by atoms with E-state index in [2.05, 4.69) is 74.4 Å². The van der Waals surface area contributed by atoms with Gasteiger partial charge in [-0.15, -0.1) is 0 Å². The minimum atomic E-state index is -0.791. The molecule has 0 saturated carbocycles. The van der Waals surface area contributed by atoms with Crippen LogP contribution in [0.4, 0.5) is 21.9 Å². The first-order valence-corrected chi connectivity index (χ1v) is 19.4. The maximum Gasteiger partial charge on any atom is 0.411 e. The van der Waals surface area contributed by atoms with Crippen LogP contribution in [0.1, 0.15) is 42.1 Å². The van der Waals surface area contributed by atoms with Crippen LogP contribution in [0, 0.1) is 0 Å². The zero-order valence-electron chi connectivity index (χ0n) is 31.4. The molecule has 2 heterocycles. The number of aryl methyl sites for hydroxylation is 1. The predicted molar refractivity (Wildman–Crippen MR) is 224 cm³/mol. The first kappa shape index (κ1) is 38.3. The number of carbonyl (C=O) groups excluding carboxylic acids is 1. The zero-order valence-corrected chi connectivity index (χ0v) is 31.4. The number of carbonyl (C=O) groups is 1. The normalized spacial score (nSPS) is 14.0. The van der Waals surface area contributed by atoms with Gasteiger partial charge in [-0.2, -0.15) is 0 Å². The Morgan fingerprint density at radius 1 is 0.821 bits per heavy atom. The van der Waals surface area contributed by atoms with Crippen molar-refractivity contribution >= 4 is 34.1 Å². The number of phenolic OH excluding ortho intramolecular Hbond substituents is 1. The van der Waals surface area contributed by atoms with Crippen molar-refractivity contribution in [3.05, 3.63) is 154 Å². The number of benzene rings is 5. The summed E-state index contributed by atoms with van der Waals surface area (Å²) < 4.78 is 5.83. The topological polar surface area (TPSA) is 139 Å². The molecule has 1 unspecified atom stereocenters. The number of rotatable bonds is 15. The predicted octanol–water partition coefficient (Wildman–Crippen LogP) is 8.16. The van der Waals surface area contributed by atoms with Crippen molar-refractivity contribution in [3.8, 4) is 16.9 Å². The molecular weight excluding hydrogens is 703 g/mol. The fourth-order valence-electron chi connectivity index (χ4n) is 7.37. The lowest BCUT2D eigenvalue weighted by molar-refractivity contribution is 0.0587. The molecule has 1 saturated heterocycles. The SMILES string of the molecule is O=C(Nc1ccccc1-c1ccccc1)OC1CCN(CCCc2cccc(Nc3ccc(CCNCC(O)c4ccc(O)c5[nH]c(=O)ccc45)cc3)c2)CC1. The Morgan fingerprint density at radius 3 is 2.43 bits per heavy atom. The number of aliphatic hydroxyl groups excluding tert-OH is 1. The summed E-state index contributed by atoms with van der Waals surface area (Å²) in [5, 5.41) is 31.4. The van der Waals surface area contributed by atoms with Crippen LogP contribution in [0.2, 0.25) is 0 Å². The number of aromatic amines is 1. The van der Waals surface area contributed by atoms with Crippen LogP contribution in [0.25, 0.3) is 22.0 Å². The van der Waals surface area contributed by atoms with Crippen LogP contribution in [-0.4, -0.2) is 65.0 Å². The van der Waals surface area contributed by atoms with E-state index in [1.54, 1.807) is 12.1 Å². The summed E-state index contributed by atoms with van der Waals surface area (Å²) in [7, 11) is 0. The number of ether oxygens (including phenoxy) is 1. The molecule has 1 aliphatic rings. The number of fused-ring (bicyclic) bond motifs is 1. The molecule has 0 bridgehead atoms. The van der Waals surface area contributed by atoms with E-state index in [0.717, 1.165) is 79.9 Å². The Balaban J connectivity index is 0.796. The summed E-state index contributed by atoms with van der Waals surface area (Å²) >= 11 is 0. The summed E-state index contributed by atoms with van der Waals surface area (Å²) in [4.78, 5) is 29.6. The van der Waals surface area contributed by atoms with E-state index < -0.39 is 12.2 Å². The van der Waals surface area contributed by atoms with Gasteiger partial charge in [0.2, 0.25) is 5.56 Å². The van der Waals surface area contributed by atoms with Crippen molar-refractivity contribution in [1.29, 1.82) is 0 Å². The van der Waals surface area contributed by atoms with Crippen molar-refractivity contribution in [2.45, 2.75) is 44.3 Å². The average Bonchev–Trinajstić information content (AvgIpc) is 3.22. The second kappa shape index (κ2) is 18.6. The molecule has 10 heteroatoms. The Labute approximate surface area is 327 Å². The molecule has 1 atom stereocenters. The standard InChI is InChI=1S/C46H49N5O5/c52-42-21-19-39(40-20-22-44(54)50-45(40)42)43(53)31-47-26-23-32-15-17-35(18-16-32)48-36-12-6-8-33(30-36)9-7-27-51-28-24-37(25-29-51)56-46(55)49-41-14-5-4-13-38(41)34-10-2-1-3-11-34/h1-6,8,10-22,30,37,43,47-48,52-53H,7,9,23-29,31H2,(H,49,55)(H,50,54). The van der Waals surface area contributed by atoms with Crippen molar-refractivity contribution in [1.82, 2.24) is 15.2 Å². The van der Waals surface area contributed by atoms with Crippen molar-refractivity contribution in [2.75, 3.05) is 43.4 Å². The van der Waals surface area contributed by atoms with Gasteiger partial charge < -0.3 is 35.5 Å². The maximum atomic E-state index is 12.8. The molecule has 56 heavy (non-hydrogen) atoms. The summed E-state index contributed by atoms with van der Waals surface area (Å²) in [5.41, 5.74) is 7.98. The molecule has 1 aromatic heterocycles. The largest absolute Gasteiger partial charge is 0.506 e. The molecule has 6 N–H and O–H groups in total. The van der Waals surface area contributed by atoms with Gasteiger partial charge in [0.05, 0.1) is 17.3 Å². The molecule has 0 spiro atoms. The van der Waals surface area contributed by atoms with Crippen LogP contribution < -0.4 is 21.5 Å². The molecule has 1 aliphatic heterocycles. The quantitative estimate of drug-likeness (QED) is 0.0579. The van der Waals surface area contributed by atoms with Gasteiger partial charge in [0.25, 0.3) is 0 Å². The fraction of sp³-hybridized carbons (Fsp3) is 0.261. The highest BCUT2D eigenvalue weighted by Crippen LogP contribution is 2.30. The van der Waals surface area contributed by atoms with E-state index in [0.29, 0.717) is 29.6 Å². The number of phenols is 1. The number of nitrogens with one attached hydrogen (secondary N) is 4. The summed E-state index contributed by atoms with van der Waals surface area (Å²) in [6.07, 6.45) is 3.22. The lowest BCUT2D eigenvalue weighted by Gasteiger charge is -2.31. The Morgan fingerprint density at radius 2 is 1.61 bits per heavy atom. The van der Waals surface area contributed by atoms with Crippen LogP contribution >= 0.6 is 0 Å². The molecule has 10 nitrogen and oxygen atoms in total. The molecule has 288 valence electrons. The second-order valence-corrected chi connectivity index (χ2v) is 14.4. The third kappa shape index (κ3) is 10.2. The van der Waals surface area contributed by atoms with Crippen molar-refractivity contribution < 1.29 is 19.7 Å². The van der Waals surface area contributed by atoms with Crippen molar-refractivity contribution in [2.24, 2.45) is 0 Å². The highest BCUT2D eigenvalue weighted by Gasteiger charge is 2.23. The molecule has 5 aromatic carbocycles. The van der Waals surface area contributed by atoms with Gasteiger partial charge in [-0.05, 0) is 110 Å².